The van der Waals surface area contributed by atoms with E-state index in [0.29, 0.717) is 17.9 Å². The molecule has 0 spiro atoms. The molecule has 2 aliphatic rings. The maximum Gasteiger partial charge on any atom is 0.227 e. The molecule has 1 saturated carbocycles. The highest BCUT2D eigenvalue weighted by molar-refractivity contribution is 5.79. The van der Waals surface area contributed by atoms with Gasteiger partial charge in [0.1, 0.15) is 0 Å². The first-order valence-corrected chi connectivity index (χ1v) is 10.5. The third-order valence-corrected chi connectivity index (χ3v) is 6.02. The molecule has 29 heavy (non-hydrogen) atoms. The van der Waals surface area contributed by atoms with Crippen molar-refractivity contribution in [1.29, 1.82) is 0 Å². The van der Waals surface area contributed by atoms with Crippen molar-refractivity contribution in [2.75, 3.05) is 33.9 Å². The summed E-state index contributed by atoms with van der Waals surface area (Å²) < 4.78 is 10.7. The molecule has 0 radical (unpaired) electrons. The molecule has 5 nitrogen and oxygen atoms in total. The van der Waals surface area contributed by atoms with Crippen LogP contribution in [0.15, 0.2) is 48.5 Å². The minimum atomic E-state index is 0.189. The van der Waals surface area contributed by atoms with Gasteiger partial charge in [0.2, 0.25) is 5.91 Å². The lowest BCUT2D eigenvalue weighted by Crippen LogP contribution is -2.56. The van der Waals surface area contributed by atoms with Crippen molar-refractivity contribution >= 4 is 5.91 Å². The van der Waals surface area contributed by atoms with Crippen molar-refractivity contribution in [3.8, 4) is 11.5 Å². The van der Waals surface area contributed by atoms with Crippen LogP contribution in [-0.4, -0.2) is 61.6 Å². The molecule has 2 aromatic rings. The number of piperazine rings is 1. The van der Waals surface area contributed by atoms with Gasteiger partial charge in [-0.25, -0.2) is 0 Å². The van der Waals surface area contributed by atoms with Gasteiger partial charge in [0, 0.05) is 31.7 Å². The number of hydrogen-bond acceptors (Lipinski definition) is 4. The second kappa shape index (κ2) is 8.87. The van der Waals surface area contributed by atoms with Crippen molar-refractivity contribution in [2.24, 2.45) is 0 Å². The van der Waals surface area contributed by atoms with Crippen LogP contribution in [0.5, 0.6) is 11.5 Å². The molecule has 5 heteroatoms. The fourth-order valence-electron chi connectivity index (χ4n) is 4.31. The zero-order valence-corrected chi connectivity index (χ0v) is 17.3. The van der Waals surface area contributed by atoms with Crippen molar-refractivity contribution < 1.29 is 14.3 Å². The Kier molecular flexibility index (Phi) is 6.05. The molecular weight excluding hydrogens is 364 g/mol. The highest BCUT2D eigenvalue weighted by atomic mass is 16.5. The number of ether oxygens (including phenoxy) is 2. The lowest BCUT2D eigenvalue weighted by Gasteiger charge is -2.42. The summed E-state index contributed by atoms with van der Waals surface area (Å²) >= 11 is 0. The van der Waals surface area contributed by atoms with Gasteiger partial charge in [0.25, 0.3) is 0 Å². The second-order valence-electron chi connectivity index (χ2n) is 8.02. The van der Waals surface area contributed by atoms with Gasteiger partial charge in [0.15, 0.2) is 11.5 Å². The van der Waals surface area contributed by atoms with Crippen LogP contribution in [0, 0.1) is 0 Å². The quantitative estimate of drug-likeness (QED) is 0.723. The van der Waals surface area contributed by atoms with Crippen LogP contribution in [0.3, 0.4) is 0 Å². The molecule has 1 heterocycles. The van der Waals surface area contributed by atoms with E-state index in [-0.39, 0.29) is 11.9 Å². The fraction of sp³-hybridized carbons (Fsp3) is 0.458. The predicted octanol–water partition coefficient (Wildman–Crippen LogP) is 3.16. The Morgan fingerprint density at radius 2 is 1.72 bits per heavy atom. The standard InChI is InChI=1S/C24H30N2O3/c1-28-22-11-8-19(15-23(22)29-2)16-24(27)26-13-12-25(20-9-10-20)17-21(26)14-18-6-4-3-5-7-18/h3-8,11,15,20-21H,9-10,12-14,16-17H2,1-2H3. The molecule has 1 atom stereocenters. The molecule has 2 fully saturated rings. The Morgan fingerprint density at radius 3 is 2.41 bits per heavy atom. The monoisotopic (exact) mass is 394 g/mol. The van der Waals surface area contributed by atoms with Crippen LogP contribution in [0.4, 0.5) is 0 Å². The first kappa shape index (κ1) is 19.8. The van der Waals surface area contributed by atoms with Crippen molar-refractivity contribution in [2.45, 2.75) is 37.8 Å². The van der Waals surface area contributed by atoms with Gasteiger partial charge in [0.05, 0.1) is 20.6 Å². The molecule has 2 aromatic carbocycles. The highest BCUT2D eigenvalue weighted by Gasteiger charge is 2.37. The van der Waals surface area contributed by atoms with E-state index in [0.717, 1.165) is 37.7 Å². The normalized spacial score (nSPS) is 19.8. The van der Waals surface area contributed by atoms with Crippen LogP contribution >= 0.6 is 0 Å². The van der Waals surface area contributed by atoms with E-state index in [4.69, 9.17) is 9.47 Å². The fourth-order valence-corrected chi connectivity index (χ4v) is 4.31. The van der Waals surface area contributed by atoms with E-state index in [1.165, 1.54) is 18.4 Å². The molecule has 1 unspecified atom stereocenters. The topological polar surface area (TPSA) is 42.0 Å². The zero-order chi connectivity index (χ0) is 20.2. The number of carbonyl (C=O) groups is 1. The Hall–Kier alpha value is -2.53. The molecular formula is C24H30N2O3. The summed E-state index contributed by atoms with van der Waals surface area (Å²) in [6, 6.07) is 17.2. The first-order chi connectivity index (χ1) is 14.2. The maximum atomic E-state index is 13.2. The summed E-state index contributed by atoms with van der Waals surface area (Å²) in [6.07, 6.45) is 3.89. The van der Waals surface area contributed by atoms with E-state index in [9.17, 15) is 4.79 Å². The third-order valence-electron chi connectivity index (χ3n) is 6.02. The van der Waals surface area contributed by atoms with Gasteiger partial charge < -0.3 is 14.4 Å². The summed E-state index contributed by atoms with van der Waals surface area (Å²) in [7, 11) is 3.24. The van der Waals surface area contributed by atoms with Crippen LogP contribution in [0.25, 0.3) is 0 Å². The molecule has 0 bridgehead atoms. The lowest BCUT2D eigenvalue weighted by atomic mass is 10.0. The molecule has 0 aromatic heterocycles. The Labute approximate surface area is 173 Å². The molecule has 1 saturated heterocycles. The minimum absolute atomic E-state index is 0.189. The largest absolute Gasteiger partial charge is 0.493 e. The predicted molar refractivity (Wildman–Crippen MR) is 113 cm³/mol. The number of nitrogens with zero attached hydrogens (tertiary/aromatic N) is 2. The molecule has 1 amide bonds. The van der Waals surface area contributed by atoms with Crippen LogP contribution < -0.4 is 9.47 Å². The molecule has 154 valence electrons. The number of amides is 1. The summed E-state index contributed by atoms with van der Waals surface area (Å²) in [5.74, 6) is 1.54. The SMILES string of the molecule is COc1ccc(CC(=O)N2CCN(C3CC3)CC2Cc2ccccc2)cc1OC. The number of methoxy groups -OCH3 is 2. The van der Waals surface area contributed by atoms with E-state index >= 15 is 0 Å². The number of benzene rings is 2. The van der Waals surface area contributed by atoms with Gasteiger partial charge in [-0.05, 0) is 42.5 Å². The molecule has 1 aliphatic heterocycles. The van der Waals surface area contributed by atoms with E-state index in [1.54, 1.807) is 14.2 Å². The molecule has 0 N–H and O–H groups in total. The summed E-state index contributed by atoms with van der Waals surface area (Å²) in [5.41, 5.74) is 2.25. The number of rotatable bonds is 7. The highest BCUT2D eigenvalue weighted by Crippen LogP contribution is 2.31. The summed E-state index contributed by atoms with van der Waals surface area (Å²) in [6.45, 7) is 2.75. The van der Waals surface area contributed by atoms with Gasteiger partial charge in [-0.3, -0.25) is 9.69 Å². The van der Waals surface area contributed by atoms with E-state index in [1.807, 2.05) is 24.3 Å². The van der Waals surface area contributed by atoms with Crippen LogP contribution in [0.2, 0.25) is 0 Å². The van der Waals surface area contributed by atoms with E-state index < -0.39 is 0 Å². The van der Waals surface area contributed by atoms with Gasteiger partial charge in [-0.2, -0.15) is 0 Å². The van der Waals surface area contributed by atoms with Gasteiger partial charge >= 0.3 is 0 Å². The van der Waals surface area contributed by atoms with Gasteiger partial charge in [-0.15, -0.1) is 0 Å². The Morgan fingerprint density at radius 1 is 0.966 bits per heavy atom. The maximum absolute atomic E-state index is 13.2. The third kappa shape index (κ3) is 4.73. The summed E-state index contributed by atoms with van der Waals surface area (Å²) in [4.78, 5) is 17.9. The van der Waals surface area contributed by atoms with Crippen LogP contribution in [0.1, 0.15) is 24.0 Å². The lowest BCUT2D eigenvalue weighted by molar-refractivity contribution is -0.135. The Bertz CT molecular complexity index is 835. The minimum Gasteiger partial charge on any atom is -0.493 e. The summed E-state index contributed by atoms with van der Waals surface area (Å²) in [5, 5.41) is 0. The van der Waals surface area contributed by atoms with Crippen molar-refractivity contribution in [1.82, 2.24) is 9.80 Å². The smallest absolute Gasteiger partial charge is 0.227 e. The molecule has 1 aliphatic carbocycles. The van der Waals surface area contributed by atoms with Crippen molar-refractivity contribution in [3.63, 3.8) is 0 Å². The first-order valence-electron chi connectivity index (χ1n) is 10.5. The number of carbonyl (C=O) groups excluding carboxylic acids is 1. The van der Waals surface area contributed by atoms with Gasteiger partial charge in [-0.1, -0.05) is 36.4 Å². The average Bonchev–Trinajstić information content (AvgIpc) is 3.59. The van der Waals surface area contributed by atoms with Crippen LogP contribution in [-0.2, 0) is 17.6 Å². The Balaban J connectivity index is 1.48. The van der Waals surface area contributed by atoms with E-state index in [2.05, 4.69) is 34.1 Å². The average molecular weight is 395 g/mol. The molecule has 4 rings (SSSR count). The second-order valence-corrected chi connectivity index (χ2v) is 8.02. The zero-order valence-electron chi connectivity index (χ0n) is 17.3. The number of hydrogen-bond donors (Lipinski definition) is 0. The van der Waals surface area contributed by atoms with Crippen molar-refractivity contribution in [3.05, 3.63) is 59.7 Å².